The standard InChI is InChI=1S/C77H150O17P2/c1-6-10-13-16-19-22-24-26-27-28-29-30-31-32-33-34-35-37-43-48-53-58-63-77(82)94-73(67-88-75(80)61-56-51-46-41-39-38-40-44-49-54-59-70(5)9-4)69-92-96(85,86)90-65-71(78)64-89-95(83,84)91-68-72(66-87-74(79)60-55-50-45-21-18-15-12-8-3)93-76(81)62-57-52-47-42-36-25-23-20-17-14-11-7-2/h70-73,78H,6-69H2,1-5H3,(H,83,84)(H,85,86)/t70?,71-,72+,73+/m0/s1. The van der Waals surface area contributed by atoms with Gasteiger partial charge in [-0.15, -0.1) is 0 Å². The molecule has 3 unspecified atom stereocenters. The van der Waals surface area contributed by atoms with Crippen LogP contribution < -0.4 is 0 Å². The molecule has 0 aliphatic heterocycles. The molecule has 3 N–H and O–H groups in total. The van der Waals surface area contributed by atoms with Crippen LogP contribution in [0, 0.1) is 5.92 Å². The monoisotopic (exact) mass is 1410 g/mol. The Balaban J connectivity index is 5.17. The van der Waals surface area contributed by atoms with E-state index in [2.05, 4.69) is 34.6 Å². The van der Waals surface area contributed by atoms with E-state index in [0.717, 1.165) is 102 Å². The van der Waals surface area contributed by atoms with Gasteiger partial charge in [0.2, 0.25) is 0 Å². The molecular weight excluding hydrogens is 1260 g/mol. The first-order valence-electron chi connectivity index (χ1n) is 40.2. The smallest absolute Gasteiger partial charge is 0.462 e. The van der Waals surface area contributed by atoms with Crippen molar-refractivity contribution in [1.82, 2.24) is 0 Å². The fourth-order valence-electron chi connectivity index (χ4n) is 11.8. The van der Waals surface area contributed by atoms with Crippen molar-refractivity contribution in [2.24, 2.45) is 5.92 Å². The van der Waals surface area contributed by atoms with E-state index in [0.29, 0.717) is 25.7 Å². The molecule has 0 bridgehead atoms. The van der Waals surface area contributed by atoms with E-state index in [1.807, 2.05) is 0 Å². The SMILES string of the molecule is CCCCCCCCCCCCCCCCCCCCCCCCC(=O)O[C@H](COC(=O)CCCCCCCCCCCCC(C)CC)COP(=O)(O)OC[C@@H](O)COP(=O)(O)OC[C@@H](COC(=O)CCCCCCCCCC)OC(=O)CCCCCCCCCCCCCC. The quantitative estimate of drug-likeness (QED) is 0.0222. The number of aliphatic hydroxyl groups excluding tert-OH is 1. The van der Waals surface area contributed by atoms with Crippen LogP contribution >= 0.6 is 15.6 Å². The number of aliphatic hydroxyl groups is 1. The summed E-state index contributed by atoms with van der Waals surface area (Å²) in [6.45, 7) is 7.29. The topological polar surface area (TPSA) is 237 Å². The highest BCUT2D eigenvalue weighted by molar-refractivity contribution is 7.47. The lowest BCUT2D eigenvalue weighted by Gasteiger charge is -2.21. The predicted octanol–water partition coefficient (Wildman–Crippen LogP) is 22.9. The number of hydrogen-bond donors (Lipinski definition) is 3. The van der Waals surface area contributed by atoms with Gasteiger partial charge in [0.1, 0.15) is 19.3 Å². The minimum absolute atomic E-state index is 0.107. The van der Waals surface area contributed by atoms with Gasteiger partial charge in [-0.3, -0.25) is 37.3 Å². The third-order valence-electron chi connectivity index (χ3n) is 18.4. The molecule has 0 heterocycles. The minimum Gasteiger partial charge on any atom is -0.462 e. The summed E-state index contributed by atoms with van der Waals surface area (Å²) in [4.78, 5) is 72.7. The number of ether oxygens (including phenoxy) is 4. The lowest BCUT2D eigenvalue weighted by molar-refractivity contribution is -0.161. The zero-order chi connectivity index (χ0) is 70.5. The second-order valence-electron chi connectivity index (χ2n) is 28.0. The molecule has 570 valence electrons. The van der Waals surface area contributed by atoms with Crippen molar-refractivity contribution in [1.29, 1.82) is 0 Å². The van der Waals surface area contributed by atoms with Crippen LogP contribution in [0.3, 0.4) is 0 Å². The van der Waals surface area contributed by atoms with Crippen LogP contribution in [0.5, 0.6) is 0 Å². The summed E-state index contributed by atoms with van der Waals surface area (Å²) in [5, 5.41) is 10.6. The molecular formula is C77H150O17P2. The lowest BCUT2D eigenvalue weighted by Crippen LogP contribution is -2.30. The molecule has 96 heavy (non-hydrogen) atoms. The molecule has 0 amide bonds. The largest absolute Gasteiger partial charge is 0.472 e. The van der Waals surface area contributed by atoms with Crippen LogP contribution in [0.15, 0.2) is 0 Å². The summed E-state index contributed by atoms with van der Waals surface area (Å²) >= 11 is 0. The second-order valence-corrected chi connectivity index (χ2v) is 30.9. The first-order valence-corrected chi connectivity index (χ1v) is 43.2. The van der Waals surface area contributed by atoms with Crippen LogP contribution in [0.2, 0.25) is 0 Å². The van der Waals surface area contributed by atoms with Crippen molar-refractivity contribution in [3.05, 3.63) is 0 Å². The average molecular weight is 1410 g/mol. The molecule has 0 saturated carbocycles. The second kappa shape index (κ2) is 70.1. The van der Waals surface area contributed by atoms with Gasteiger partial charge < -0.3 is 33.8 Å². The van der Waals surface area contributed by atoms with Crippen LogP contribution in [0.4, 0.5) is 0 Å². The predicted molar refractivity (Wildman–Crippen MR) is 391 cm³/mol. The molecule has 0 saturated heterocycles. The van der Waals surface area contributed by atoms with Crippen molar-refractivity contribution >= 4 is 39.5 Å². The average Bonchev–Trinajstić information content (AvgIpc) is 1.91. The van der Waals surface area contributed by atoms with Gasteiger partial charge >= 0.3 is 39.5 Å². The number of rotatable bonds is 77. The Kier molecular flexibility index (Phi) is 68.7. The van der Waals surface area contributed by atoms with E-state index in [9.17, 15) is 43.2 Å². The maximum atomic E-state index is 13.1. The number of unbranched alkanes of at least 4 members (excludes halogenated alkanes) is 48. The first kappa shape index (κ1) is 94.1. The molecule has 0 rings (SSSR count). The van der Waals surface area contributed by atoms with E-state index in [1.54, 1.807) is 0 Å². The molecule has 6 atom stereocenters. The van der Waals surface area contributed by atoms with Gasteiger partial charge in [0.15, 0.2) is 12.2 Å². The Hall–Kier alpha value is -1.94. The van der Waals surface area contributed by atoms with Crippen LogP contribution in [-0.4, -0.2) is 96.7 Å². The van der Waals surface area contributed by atoms with E-state index in [1.165, 1.54) is 225 Å². The molecule has 0 aliphatic rings. The highest BCUT2D eigenvalue weighted by atomic mass is 31.2. The molecule has 0 aromatic heterocycles. The highest BCUT2D eigenvalue weighted by Crippen LogP contribution is 2.45. The maximum absolute atomic E-state index is 13.1. The number of hydrogen-bond acceptors (Lipinski definition) is 15. The van der Waals surface area contributed by atoms with Gasteiger partial charge in [-0.05, 0) is 31.6 Å². The Morgan fingerprint density at radius 2 is 0.500 bits per heavy atom. The fourth-order valence-corrected chi connectivity index (χ4v) is 13.4. The number of carbonyl (C=O) groups excluding carboxylic acids is 4. The maximum Gasteiger partial charge on any atom is 0.472 e. The van der Waals surface area contributed by atoms with Gasteiger partial charge in [0, 0.05) is 25.7 Å². The molecule has 0 spiro atoms. The normalized spacial score (nSPS) is 14.2. The van der Waals surface area contributed by atoms with Crippen molar-refractivity contribution in [3.8, 4) is 0 Å². The van der Waals surface area contributed by atoms with Crippen molar-refractivity contribution in [2.45, 2.75) is 425 Å². The van der Waals surface area contributed by atoms with Gasteiger partial charge in [0.05, 0.1) is 26.4 Å². The highest BCUT2D eigenvalue weighted by Gasteiger charge is 2.30. The third kappa shape index (κ3) is 69.2. The summed E-state index contributed by atoms with van der Waals surface area (Å²) in [5.74, 6) is -1.31. The number of phosphoric acid groups is 2. The van der Waals surface area contributed by atoms with Crippen molar-refractivity contribution in [3.63, 3.8) is 0 Å². The molecule has 17 nitrogen and oxygen atoms in total. The zero-order valence-corrected chi connectivity index (χ0v) is 64.3. The summed E-state index contributed by atoms with van der Waals surface area (Å²) in [7, 11) is -9.91. The first-order chi connectivity index (χ1) is 46.6. The minimum atomic E-state index is -4.96. The molecule has 19 heteroatoms. The summed E-state index contributed by atoms with van der Waals surface area (Å²) < 4.78 is 68.5. The Bertz CT molecular complexity index is 1840. The van der Waals surface area contributed by atoms with Crippen LogP contribution in [0.25, 0.3) is 0 Å². The van der Waals surface area contributed by atoms with Gasteiger partial charge in [-0.2, -0.15) is 0 Å². The zero-order valence-electron chi connectivity index (χ0n) is 62.5. The fraction of sp³-hybridized carbons (Fsp3) is 0.948. The Morgan fingerprint density at radius 1 is 0.292 bits per heavy atom. The van der Waals surface area contributed by atoms with Gasteiger partial charge in [-0.1, -0.05) is 356 Å². The van der Waals surface area contributed by atoms with E-state index < -0.39 is 97.5 Å². The van der Waals surface area contributed by atoms with Crippen LogP contribution in [-0.2, 0) is 65.4 Å². The number of carbonyl (C=O) groups is 4. The van der Waals surface area contributed by atoms with Crippen LogP contribution in [0.1, 0.15) is 407 Å². The number of esters is 4. The molecule has 0 fully saturated rings. The van der Waals surface area contributed by atoms with Crippen molar-refractivity contribution < 1.29 is 80.2 Å². The lowest BCUT2D eigenvalue weighted by atomic mass is 9.99. The van der Waals surface area contributed by atoms with E-state index in [-0.39, 0.29) is 25.7 Å². The Labute approximate surface area is 588 Å². The molecule has 0 aliphatic carbocycles. The summed E-state index contributed by atoms with van der Waals surface area (Å²) in [6.07, 6.45) is 59.7. The van der Waals surface area contributed by atoms with E-state index >= 15 is 0 Å². The summed E-state index contributed by atoms with van der Waals surface area (Å²) in [6, 6.07) is 0. The van der Waals surface area contributed by atoms with Crippen molar-refractivity contribution in [2.75, 3.05) is 39.6 Å². The van der Waals surface area contributed by atoms with Gasteiger partial charge in [0.25, 0.3) is 0 Å². The summed E-state index contributed by atoms with van der Waals surface area (Å²) in [5.41, 5.74) is 0. The molecule has 0 aromatic carbocycles. The third-order valence-corrected chi connectivity index (χ3v) is 20.3. The molecule has 0 radical (unpaired) electrons. The van der Waals surface area contributed by atoms with E-state index in [4.69, 9.17) is 37.0 Å². The van der Waals surface area contributed by atoms with Gasteiger partial charge in [-0.25, -0.2) is 9.13 Å². The molecule has 0 aromatic rings. The Morgan fingerprint density at radius 3 is 0.740 bits per heavy atom. The number of phosphoric ester groups is 2.